The van der Waals surface area contributed by atoms with Crippen LogP contribution in [0.5, 0.6) is 0 Å². The lowest BCUT2D eigenvalue weighted by molar-refractivity contribution is 0.510. The first kappa shape index (κ1) is 13.1. The van der Waals surface area contributed by atoms with E-state index in [0.717, 1.165) is 23.5 Å². The molecule has 0 saturated carbocycles. The van der Waals surface area contributed by atoms with Gasteiger partial charge in [0.25, 0.3) is 0 Å². The van der Waals surface area contributed by atoms with E-state index in [4.69, 9.17) is 11.6 Å². The average Bonchev–Trinajstić information content (AvgIpc) is 2.87. The zero-order valence-electron chi connectivity index (χ0n) is 10.9. The number of benzene rings is 1. The van der Waals surface area contributed by atoms with E-state index < -0.39 is 11.6 Å². The van der Waals surface area contributed by atoms with Gasteiger partial charge in [0, 0.05) is 19.2 Å². The molecule has 0 unspecified atom stereocenters. The molecule has 0 atom stereocenters. The lowest BCUT2D eigenvalue weighted by Crippen LogP contribution is -2.05. The maximum absolute atomic E-state index is 13.3. The number of halogens is 3. The molecule has 104 valence electrons. The molecule has 1 aromatic carbocycles. The largest absolute Gasteiger partial charge is 0.324 e. The van der Waals surface area contributed by atoms with Gasteiger partial charge in [-0.1, -0.05) is 11.6 Å². The summed E-state index contributed by atoms with van der Waals surface area (Å²) in [5, 5.41) is 4.79. The fourth-order valence-corrected chi connectivity index (χ4v) is 2.41. The first-order valence-corrected chi connectivity index (χ1v) is 6.33. The van der Waals surface area contributed by atoms with Crippen molar-refractivity contribution >= 4 is 22.6 Å². The van der Waals surface area contributed by atoms with Crippen molar-refractivity contribution < 1.29 is 8.78 Å². The summed E-state index contributed by atoms with van der Waals surface area (Å²) in [6.07, 6.45) is 1.53. The van der Waals surface area contributed by atoms with Crippen LogP contribution in [0.1, 0.15) is 11.4 Å². The normalized spacial score (nSPS) is 11.4. The van der Waals surface area contributed by atoms with Crippen molar-refractivity contribution in [3.63, 3.8) is 0 Å². The van der Waals surface area contributed by atoms with Crippen LogP contribution in [0.2, 0.25) is 5.02 Å². The van der Waals surface area contributed by atoms with Crippen LogP contribution >= 0.6 is 11.6 Å². The number of imidazole rings is 1. The van der Waals surface area contributed by atoms with Gasteiger partial charge in [-0.15, -0.1) is 0 Å². The van der Waals surface area contributed by atoms with Crippen molar-refractivity contribution in [1.29, 1.82) is 0 Å². The lowest BCUT2D eigenvalue weighted by Gasteiger charge is -2.06. The quantitative estimate of drug-likeness (QED) is 0.728. The van der Waals surface area contributed by atoms with E-state index in [-0.39, 0.29) is 0 Å². The smallest absolute Gasteiger partial charge is 0.161 e. The highest BCUT2D eigenvalue weighted by molar-refractivity contribution is 6.31. The Morgan fingerprint density at radius 3 is 2.60 bits per heavy atom. The zero-order chi connectivity index (χ0) is 14.4. The topological polar surface area (TPSA) is 35.6 Å². The second-order valence-corrected chi connectivity index (χ2v) is 4.98. The number of aryl methyl sites for hydroxylation is 2. The molecule has 0 N–H and O–H groups in total. The molecule has 0 bridgehead atoms. The zero-order valence-corrected chi connectivity index (χ0v) is 11.6. The summed E-state index contributed by atoms with van der Waals surface area (Å²) in [7, 11) is 1.79. The molecule has 0 radical (unpaired) electrons. The Morgan fingerprint density at radius 2 is 1.95 bits per heavy atom. The Kier molecular flexibility index (Phi) is 2.97. The molecule has 0 saturated heterocycles. The third kappa shape index (κ3) is 1.96. The van der Waals surface area contributed by atoms with Gasteiger partial charge in [-0.25, -0.2) is 13.8 Å². The second kappa shape index (κ2) is 4.56. The average molecular weight is 297 g/mol. The minimum atomic E-state index is -0.905. The molecule has 0 spiro atoms. The van der Waals surface area contributed by atoms with Crippen molar-refractivity contribution in [3.05, 3.63) is 46.5 Å². The van der Waals surface area contributed by atoms with Gasteiger partial charge >= 0.3 is 0 Å². The van der Waals surface area contributed by atoms with E-state index >= 15 is 0 Å². The summed E-state index contributed by atoms with van der Waals surface area (Å²) in [5.74, 6) is -1.80. The van der Waals surface area contributed by atoms with Crippen LogP contribution in [-0.4, -0.2) is 19.3 Å². The first-order valence-electron chi connectivity index (χ1n) is 5.95. The van der Waals surface area contributed by atoms with Crippen molar-refractivity contribution in [2.75, 3.05) is 0 Å². The first-order chi connectivity index (χ1) is 9.47. The van der Waals surface area contributed by atoms with Gasteiger partial charge in [-0.05, 0) is 6.92 Å². The van der Waals surface area contributed by atoms with Crippen LogP contribution in [0.25, 0.3) is 11.0 Å². The highest BCUT2D eigenvalue weighted by Gasteiger charge is 2.14. The Balaban J connectivity index is 2.09. The molecule has 0 aliphatic heterocycles. The molecule has 3 rings (SSSR count). The summed E-state index contributed by atoms with van der Waals surface area (Å²) in [6, 6.07) is 2.21. The molecule has 4 nitrogen and oxygen atoms in total. The SMILES string of the molecule is Cc1nn(C)c(Cn2cnc3cc(F)c(F)cc32)c1Cl. The van der Waals surface area contributed by atoms with Crippen LogP contribution in [0, 0.1) is 18.6 Å². The van der Waals surface area contributed by atoms with Crippen LogP contribution < -0.4 is 0 Å². The summed E-state index contributed by atoms with van der Waals surface area (Å²) in [4.78, 5) is 4.07. The monoisotopic (exact) mass is 296 g/mol. The van der Waals surface area contributed by atoms with Gasteiger partial charge in [0.15, 0.2) is 11.6 Å². The third-order valence-electron chi connectivity index (χ3n) is 3.24. The summed E-state index contributed by atoms with van der Waals surface area (Å²) in [6.45, 7) is 2.20. The minimum absolute atomic E-state index is 0.387. The molecule has 0 amide bonds. The molecule has 7 heteroatoms. The van der Waals surface area contributed by atoms with Crippen LogP contribution in [0.15, 0.2) is 18.5 Å². The molecule has 20 heavy (non-hydrogen) atoms. The molecule has 3 aromatic rings. The van der Waals surface area contributed by atoms with Gasteiger partial charge in [-0.3, -0.25) is 4.68 Å². The second-order valence-electron chi connectivity index (χ2n) is 4.60. The molecular weight excluding hydrogens is 286 g/mol. The predicted octanol–water partition coefficient (Wildman–Crippen LogP) is 3.06. The Hall–Kier alpha value is -1.95. The van der Waals surface area contributed by atoms with E-state index in [1.807, 2.05) is 6.92 Å². The van der Waals surface area contributed by atoms with E-state index in [2.05, 4.69) is 10.1 Å². The Labute approximate surface area is 118 Å². The molecule has 0 aliphatic carbocycles. The predicted molar refractivity (Wildman–Crippen MR) is 71.7 cm³/mol. The maximum atomic E-state index is 13.3. The van der Waals surface area contributed by atoms with Crippen molar-refractivity contribution in [3.8, 4) is 0 Å². The lowest BCUT2D eigenvalue weighted by atomic mass is 10.3. The van der Waals surface area contributed by atoms with E-state index in [1.165, 1.54) is 6.33 Å². The molecule has 2 aromatic heterocycles. The number of hydrogen-bond acceptors (Lipinski definition) is 2. The maximum Gasteiger partial charge on any atom is 0.161 e. The highest BCUT2D eigenvalue weighted by atomic mass is 35.5. The van der Waals surface area contributed by atoms with Crippen LogP contribution in [0.4, 0.5) is 8.78 Å². The molecule has 0 fully saturated rings. The van der Waals surface area contributed by atoms with Gasteiger partial charge in [-0.2, -0.15) is 5.10 Å². The summed E-state index contributed by atoms with van der Waals surface area (Å²) < 4.78 is 29.9. The number of fused-ring (bicyclic) bond motifs is 1. The van der Waals surface area contributed by atoms with Crippen LogP contribution in [0.3, 0.4) is 0 Å². The van der Waals surface area contributed by atoms with E-state index in [1.54, 1.807) is 16.3 Å². The van der Waals surface area contributed by atoms with Gasteiger partial charge in [0.05, 0.1) is 40.3 Å². The number of nitrogens with zero attached hydrogens (tertiary/aromatic N) is 4. The third-order valence-corrected chi connectivity index (χ3v) is 3.74. The number of aromatic nitrogens is 4. The minimum Gasteiger partial charge on any atom is -0.324 e. The van der Waals surface area contributed by atoms with Gasteiger partial charge in [0.2, 0.25) is 0 Å². The Bertz CT molecular complexity index is 806. The number of rotatable bonds is 2. The fraction of sp³-hybridized carbons (Fsp3) is 0.231. The molecule has 2 heterocycles. The van der Waals surface area contributed by atoms with Crippen molar-refractivity contribution in [2.24, 2.45) is 7.05 Å². The summed E-state index contributed by atoms with van der Waals surface area (Å²) in [5.41, 5.74) is 2.43. The van der Waals surface area contributed by atoms with Gasteiger partial charge in [0.1, 0.15) is 0 Å². The van der Waals surface area contributed by atoms with E-state index in [0.29, 0.717) is 22.6 Å². The molecule has 0 aliphatic rings. The number of hydrogen-bond donors (Lipinski definition) is 0. The standard InChI is InChI=1S/C13H11ClF2N4/c1-7-13(14)12(19(2)18-7)5-20-6-17-10-3-8(15)9(16)4-11(10)20/h3-4,6H,5H2,1-2H3. The van der Waals surface area contributed by atoms with E-state index in [9.17, 15) is 8.78 Å². The fourth-order valence-electron chi connectivity index (χ4n) is 2.19. The highest BCUT2D eigenvalue weighted by Crippen LogP contribution is 2.23. The molecular formula is C13H11ClF2N4. The van der Waals surface area contributed by atoms with Crippen molar-refractivity contribution in [2.45, 2.75) is 13.5 Å². The van der Waals surface area contributed by atoms with Crippen LogP contribution in [-0.2, 0) is 13.6 Å². The van der Waals surface area contributed by atoms with Crippen molar-refractivity contribution in [1.82, 2.24) is 19.3 Å². The summed E-state index contributed by atoms with van der Waals surface area (Å²) >= 11 is 6.19. The Morgan fingerprint density at radius 1 is 1.25 bits per heavy atom. The van der Waals surface area contributed by atoms with Gasteiger partial charge < -0.3 is 4.57 Å².